The van der Waals surface area contributed by atoms with E-state index in [-0.39, 0.29) is 11.8 Å². The summed E-state index contributed by atoms with van der Waals surface area (Å²) in [6.45, 7) is 0. The standard InChI is InChI=1S/C17H17BrN2O2/c1-19-16(21)11-4-12-2-9-15(10-3-12)20-17(22)13-5-7-14(18)8-6-13/h2-3,5-10H,4,11H2,1H3,(H,19,21)(H,20,22). The highest BCUT2D eigenvalue weighted by atomic mass is 79.9. The summed E-state index contributed by atoms with van der Waals surface area (Å²) in [5.74, 6) is -0.127. The highest BCUT2D eigenvalue weighted by Crippen LogP contribution is 2.14. The number of amides is 2. The Morgan fingerprint density at radius 3 is 2.23 bits per heavy atom. The van der Waals surface area contributed by atoms with Crippen molar-refractivity contribution in [1.82, 2.24) is 5.32 Å². The largest absolute Gasteiger partial charge is 0.359 e. The zero-order valence-corrected chi connectivity index (χ0v) is 13.8. The maximum absolute atomic E-state index is 12.1. The minimum Gasteiger partial charge on any atom is -0.359 e. The van der Waals surface area contributed by atoms with Gasteiger partial charge in [-0.15, -0.1) is 0 Å². The number of anilines is 1. The molecule has 2 N–H and O–H groups in total. The van der Waals surface area contributed by atoms with E-state index in [2.05, 4.69) is 26.6 Å². The highest BCUT2D eigenvalue weighted by molar-refractivity contribution is 9.10. The van der Waals surface area contributed by atoms with Gasteiger partial charge in [-0.25, -0.2) is 0 Å². The molecule has 0 unspecified atom stereocenters. The molecule has 4 nitrogen and oxygen atoms in total. The van der Waals surface area contributed by atoms with Gasteiger partial charge in [-0.05, 0) is 48.4 Å². The molecule has 2 aromatic carbocycles. The van der Waals surface area contributed by atoms with Crippen molar-refractivity contribution in [2.24, 2.45) is 0 Å². The molecule has 2 amide bonds. The van der Waals surface area contributed by atoms with E-state index >= 15 is 0 Å². The fourth-order valence-electron chi connectivity index (χ4n) is 1.94. The van der Waals surface area contributed by atoms with Crippen molar-refractivity contribution in [3.63, 3.8) is 0 Å². The molecular weight excluding hydrogens is 344 g/mol. The van der Waals surface area contributed by atoms with Gasteiger partial charge in [0.2, 0.25) is 5.91 Å². The predicted molar refractivity (Wildman–Crippen MR) is 90.9 cm³/mol. The molecule has 0 heterocycles. The van der Waals surface area contributed by atoms with Gasteiger partial charge < -0.3 is 10.6 Å². The zero-order valence-electron chi connectivity index (χ0n) is 12.2. The second kappa shape index (κ2) is 7.75. The number of carbonyl (C=O) groups is 2. The molecule has 0 aliphatic heterocycles. The second-order valence-electron chi connectivity index (χ2n) is 4.83. The predicted octanol–water partition coefficient (Wildman–Crippen LogP) is 3.38. The number of benzene rings is 2. The summed E-state index contributed by atoms with van der Waals surface area (Å²) in [6.07, 6.45) is 1.14. The van der Waals surface area contributed by atoms with Crippen LogP contribution in [0.1, 0.15) is 22.3 Å². The average Bonchev–Trinajstić information content (AvgIpc) is 2.54. The maximum Gasteiger partial charge on any atom is 0.255 e. The fourth-order valence-corrected chi connectivity index (χ4v) is 2.21. The van der Waals surface area contributed by atoms with E-state index in [4.69, 9.17) is 0 Å². The molecule has 0 fully saturated rings. The summed E-state index contributed by atoms with van der Waals surface area (Å²) in [7, 11) is 1.63. The number of hydrogen-bond acceptors (Lipinski definition) is 2. The van der Waals surface area contributed by atoms with E-state index in [0.717, 1.165) is 15.7 Å². The van der Waals surface area contributed by atoms with Gasteiger partial charge in [0.05, 0.1) is 0 Å². The van der Waals surface area contributed by atoms with Crippen LogP contribution in [-0.2, 0) is 11.2 Å². The van der Waals surface area contributed by atoms with E-state index < -0.39 is 0 Å². The smallest absolute Gasteiger partial charge is 0.255 e. The van der Waals surface area contributed by atoms with E-state index in [1.54, 1.807) is 19.2 Å². The molecule has 0 atom stereocenters. The van der Waals surface area contributed by atoms with Crippen molar-refractivity contribution in [1.29, 1.82) is 0 Å². The van der Waals surface area contributed by atoms with Gasteiger partial charge in [-0.2, -0.15) is 0 Å². The first-order chi connectivity index (χ1) is 10.6. The van der Waals surface area contributed by atoms with Crippen LogP contribution < -0.4 is 10.6 Å². The van der Waals surface area contributed by atoms with Gasteiger partial charge in [0.15, 0.2) is 0 Å². The Kier molecular flexibility index (Phi) is 5.72. The minimum absolute atomic E-state index is 0.0209. The van der Waals surface area contributed by atoms with Crippen molar-refractivity contribution >= 4 is 33.4 Å². The summed E-state index contributed by atoms with van der Waals surface area (Å²) in [4.78, 5) is 23.3. The van der Waals surface area contributed by atoms with Crippen molar-refractivity contribution in [2.75, 3.05) is 12.4 Å². The van der Waals surface area contributed by atoms with Crippen LogP contribution in [0.3, 0.4) is 0 Å². The number of nitrogens with one attached hydrogen (secondary N) is 2. The molecule has 0 aliphatic rings. The van der Waals surface area contributed by atoms with Crippen LogP contribution in [0, 0.1) is 0 Å². The molecule has 0 bridgehead atoms. The Bertz CT molecular complexity index is 651. The first-order valence-corrected chi connectivity index (χ1v) is 7.74. The zero-order chi connectivity index (χ0) is 15.9. The van der Waals surface area contributed by atoms with Crippen molar-refractivity contribution in [3.05, 3.63) is 64.1 Å². The SMILES string of the molecule is CNC(=O)CCc1ccc(NC(=O)c2ccc(Br)cc2)cc1. The maximum atomic E-state index is 12.1. The van der Waals surface area contributed by atoms with E-state index in [1.807, 2.05) is 36.4 Å². The number of aryl methyl sites for hydroxylation is 1. The third kappa shape index (κ3) is 4.70. The number of halogens is 1. The third-order valence-electron chi connectivity index (χ3n) is 3.24. The Labute approximate surface area is 138 Å². The van der Waals surface area contributed by atoms with Crippen molar-refractivity contribution in [2.45, 2.75) is 12.8 Å². The van der Waals surface area contributed by atoms with Gasteiger partial charge in [-0.1, -0.05) is 28.1 Å². The molecule has 0 saturated carbocycles. The average molecular weight is 361 g/mol. The van der Waals surface area contributed by atoms with Gasteiger partial charge in [-0.3, -0.25) is 9.59 Å². The molecule has 2 rings (SSSR count). The Balaban J connectivity index is 1.94. The van der Waals surface area contributed by atoms with Crippen molar-refractivity contribution < 1.29 is 9.59 Å². The molecule has 2 aromatic rings. The van der Waals surface area contributed by atoms with Gasteiger partial charge in [0, 0.05) is 29.2 Å². The molecule has 0 aliphatic carbocycles. The van der Waals surface area contributed by atoms with Crippen LogP contribution >= 0.6 is 15.9 Å². The van der Waals surface area contributed by atoms with Crippen LogP contribution in [0.15, 0.2) is 53.0 Å². The Morgan fingerprint density at radius 1 is 1.00 bits per heavy atom. The van der Waals surface area contributed by atoms with Crippen LogP contribution in [-0.4, -0.2) is 18.9 Å². The molecule has 0 radical (unpaired) electrons. The number of carbonyl (C=O) groups excluding carboxylic acids is 2. The summed E-state index contributed by atoms with van der Waals surface area (Å²) in [5.41, 5.74) is 2.40. The summed E-state index contributed by atoms with van der Waals surface area (Å²) >= 11 is 3.34. The first-order valence-electron chi connectivity index (χ1n) is 6.95. The van der Waals surface area contributed by atoms with Crippen LogP contribution in [0.25, 0.3) is 0 Å². The van der Waals surface area contributed by atoms with Gasteiger partial charge >= 0.3 is 0 Å². The second-order valence-corrected chi connectivity index (χ2v) is 5.75. The molecule has 0 saturated heterocycles. The molecule has 22 heavy (non-hydrogen) atoms. The van der Waals surface area contributed by atoms with Crippen LogP contribution in [0.2, 0.25) is 0 Å². The minimum atomic E-state index is -0.148. The van der Waals surface area contributed by atoms with E-state index in [9.17, 15) is 9.59 Å². The monoisotopic (exact) mass is 360 g/mol. The topological polar surface area (TPSA) is 58.2 Å². The quantitative estimate of drug-likeness (QED) is 0.858. The Hall–Kier alpha value is -2.14. The highest BCUT2D eigenvalue weighted by Gasteiger charge is 2.06. The number of hydrogen-bond donors (Lipinski definition) is 2. The summed E-state index contributed by atoms with van der Waals surface area (Å²) in [5, 5.41) is 5.44. The van der Waals surface area contributed by atoms with Crippen LogP contribution in [0.5, 0.6) is 0 Å². The molecule has 114 valence electrons. The molecule has 0 aromatic heterocycles. The molecular formula is C17H17BrN2O2. The van der Waals surface area contributed by atoms with Gasteiger partial charge in [0.1, 0.15) is 0 Å². The number of rotatable bonds is 5. The van der Waals surface area contributed by atoms with Crippen LogP contribution in [0.4, 0.5) is 5.69 Å². The lowest BCUT2D eigenvalue weighted by molar-refractivity contribution is -0.120. The lowest BCUT2D eigenvalue weighted by Gasteiger charge is -2.07. The van der Waals surface area contributed by atoms with E-state index in [0.29, 0.717) is 18.4 Å². The van der Waals surface area contributed by atoms with E-state index in [1.165, 1.54) is 0 Å². The lowest BCUT2D eigenvalue weighted by Crippen LogP contribution is -2.17. The summed E-state index contributed by atoms with van der Waals surface area (Å²) < 4.78 is 0.935. The fraction of sp³-hybridized carbons (Fsp3) is 0.176. The summed E-state index contributed by atoms with van der Waals surface area (Å²) in [6, 6.07) is 14.7. The molecule has 5 heteroatoms. The normalized spacial score (nSPS) is 10.1. The first kappa shape index (κ1) is 16.2. The van der Waals surface area contributed by atoms with Gasteiger partial charge in [0.25, 0.3) is 5.91 Å². The van der Waals surface area contributed by atoms with Crippen molar-refractivity contribution in [3.8, 4) is 0 Å². The molecule has 0 spiro atoms. The lowest BCUT2D eigenvalue weighted by atomic mass is 10.1. The Morgan fingerprint density at radius 2 is 1.64 bits per heavy atom. The third-order valence-corrected chi connectivity index (χ3v) is 3.77.